The predicted molar refractivity (Wildman–Crippen MR) is 134 cm³/mol. The van der Waals surface area contributed by atoms with Gasteiger partial charge in [0.1, 0.15) is 12.1 Å². The van der Waals surface area contributed by atoms with Gasteiger partial charge in [-0.2, -0.15) is 0 Å². The fraction of sp³-hybridized carbons (Fsp3) is 0.407. The first-order valence-electron chi connectivity index (χ1n) is 12.1. The van der Waals surface area contributed by atoms with Crippen LogP contribution in [-0.2, 0) is 14.4 Å². The molecule has 2 aliphatic rings. The van der Waals surface area contributed by atoms with Crippen LogP contribution in [0.4, 0.5) is 5.69 Å². The Morgan fingerprint density at radius 1 is 1.03 bits per heavy atom. The van der Waals surface area contributed by atoms with Gasteiger partial charge in [0.05, 0.1) is 19.2 Å². The van der Waals surface area contributed by atoms with Crippen LogP contribution in [0.3, 0.4) is 0 Å². The molecule has 36 heavy (non-hydrogen) atoms. The maximum atomic E-state index is 13.5. The summed E-state index contributed by atoms with van der Waals surface area (Å²) < 4.78 is 0. The fourth-order valence-corrected chi connectivity index (χ4v) is 4.64. The Bertz CT molecular complexity index is 1130. The predicted octanol–water partition coefficient (Wildman–Crippen LogP) is 2.13. The van der Waals surface area contributed by atoms with E-state index in [1.165, 1.54) is 4.90 Å². The number of rotatable bonds is 7. The molecular formula is C27H32N4O5. The first-order valence-corrected chi connectivity index (χ1v) is 12.1. The highest BCUT2D eigenvalue weighted by atomic mass is 16.7. The van der Waals surface area contributed by atoms with Crippen LogP contribution < -0.4 is 10.2 Å². The van der Waals surface area contributed by atoms with Crippen molar-refractivity contribution in [3.63, 3.8) is 0 Å². The van der Waals surface area contributed by atoms with Gasteiger partial charge in [-0.3, -0.25) is 24.0 Å². The third-order valence-electron chi connectivity index (χ3n) is 6.51. The average Bonchev–Trinajstić information content (AvgIpc) is 3.44. The van der Waals surface area contributed by atoms with Crippen LogP contribution in [0.2, 0.25) is 0 Å². The number of nitrogens with zero attached hydrogens (tertiary/aromatic N) is 3. The number of likely N-dealkylation sites (tertiary alicyclic amines) is 1. The summed E-state index contributed by atoms with van der Waals surface area (Å²) >= 11 is 0. The molecule has 2 aromatic rings. The number of hydroxylamine groups is 2. The van der Waals surface area contributed by atoms with E-state index in [0.717, 1.165) is 10.8 Å². The van der Waals surface area contributed by atoms with E-state index in [9.17, 15) is 19.2 Å². The molecule has 3 amide bonds. The lowest BCUT2D eigenvalue weighted by Gasteiger charge is -2.27. The monoisotopic (exact) mass is 492 g/mol. The van der Waals surface area contributed by atoms with E-state index < -0.39 is 24.0 Å². The Kier molecular flexibility index (Phi) is 7.40. The SMILES string of the molecule is CC(C)C[C@H](NC(=O)c1ccc(N(C)C)cc1)C(=O)N1OC[C@@H]2[C@H]1C(=O)CN2C(=O)c1ccccc1. The van der Waals surface area contributed by atoms with E-state index in [1.54, 1.807) is 36.4 Å². The first-order chi connectivity index (χ1) is 17.2. The van der Waals surface area contributed by atoms with Gasteiger partial charge in [0.15, 0.2) is 5.78 Å². The van der Waals surface area contributed by atoms with E-state index >= 15 is 0 Å². The van der Waals surface area contributed by atoms with Gasteiger partial charge in [-0.05, 0) is 48.7 Å². The molecule has 4 rings (SSSR count). The Morgan fingerprint density at radius 3 is 2.31 bits per heavy atom. The zero-order valence-electron chi connectivity index (χ0n) is 21.0. The van der Waals surface area contributed by atoms with Crippen molar-refractivity contribution in [2.24, 2.45) is 5.92 Å². The van der Waals surface area contributed by atoms with Crippen LogP contribution in [-0.4, -0.2) is 78.8 Å². The van der Waals surface area contributed by atoms with E-state index in [-0.39, 0.29) is 36.7 Å². The summed E-state index contributed by atoms with van der Waals surface area (Å²) in [5, 5.41) is 3.91. The molecule has 2 saturated heterocycles. The number of amides is 3. The topological polar surface area (TPSA) is 99.3 Å². The highest BCUT2D eigenvalue weighted by Gasteiger charge is 2.54. The molecule has 0 aromatic heterocycles. The lowest BCUT2D eigenvalue weighted by molar-refractivity contribution is -0.181. The molecule has 2 heterocycles. The minimum Gasteiger partial charge on any atom is -0.378 e. The van der Waals surface area contributed by atoms with Crippen LogP contribution in [0.5, 0.6) is 0 Å². The van der Waals surface area contributed by atoms with Crippen molar-refractivity contribution in [2.75, 3.05) is 32.1 Å². The summed E-state index contributed by atoms with van der Waals surface area (Å²) in [5.41, 5.74) is 1.85. The van der Waals surface area contributed by atoms with Crippen molar-refractivity contribution in [2.45, 2.75) is 38.4 Å². The number of nitrogens with one attached hydrogen (secondary N) is 1. The molecule has 3 atom stereocenters. The molecule has 2 aliphatic heterocycles. The quantitative estimate of drug-likeness (QED) is 0.636. The Morgan fingerprint density at radius 2 is 1.69 bits per heavy atom. The second kappa shape index (κ2) is 10.5. The fourth-order valence-electron chi connectivity index (χ4n) is 4.64. The van der Waals surface area contributed by atoms with E-state index in [4.69, 9.17) is 4.84 Å². The molecule has 9 nitrogen and oxygen atoms in total. The van der Waals surface area contributed by atoms with E-state index in [1.807, 2.05) is 51.0 Å². The van der Waals surface area contributed by atoms with Gasteiger partial charge in [0, 0.05) is 30.9 Å². The number of hydrogen-bond acceptors (Lipinski definition) is 6. The van der Waals surface area contributed by atoms with Gasteiger partial charge in [0.2, 0.25) is 0 Å². The molecule has 0 aliphatic carbocycles. The molecule has 9 heteroatoms. The molecule has 2 aromatic carbocycles. The highest BCUT2D eigenvalue weighted by Crippen LogP contribution is 2.30. The minimum atomic E-state index is -0.892. The third-order valence-corrected chi connectivity index (χ3v) is 6.51. The number of ketones is 1. The molecule has 0 radical (unpaired) electrons. The first kappa shape index (κ1) is 25.4. The zero-order chi connectivity index (χ0) is 26.0. The number of anilines is 1. The van der Waals surface area contributed by atoms with Crippen LogP contribution in [0.25, 0.3) is 0 Å². The lowest BCUT2D eigenvalue weighted by Crippen LogP contribution is -2.52. The number of carbonyl (C=O) groups is 4. The average molecular weight is 493 g/mol. The maximum absolute atomic E-state index is 13.5. The smallest absolute Gasteiger partial charge is 0.269 e. The van der Waals surface area contributed by atoms with E-state index in [2.05, 4.69) is 5.32 Å². The van der Waals surface area contributed by atoms with E-state index in [0.29, 0.717) is 17.5 Å². The molecular weight excluding hydrogens is 460 g/mol. The lowest BCUT2D eigenvalue weighted by atomic mass is 10.0. The van der Waals surface area contributed by atoms with Crippen LogP contribution >= 0.6 is 0 Å². The molecule has 190 valence electrons. The number of hydrogen-bond donors (Lipinski definition) is 1. The minimum absolute atomic E-state index is 0.0368. The molecule has 0 bridgehead atoms. The van der Waals surface area contributed by atoms with Gasteiger partial charge in [-0.25, -0.2) is 5.06 Å². The number of benzene rings is 2. The summed E-state index contributed by atoms with van der Waals surface area (Å²) in [6.45, 7) is 3.85. The second-order valence-electron chi connectivity index (χ2n) is 9.83. The maximum Gasteiger partial charge on any atom is 0.269 e. The number of Topliss-reactive ketones (excluding diaryl/α,β-unsaturated/α-hetero) is 1. The zero-order valence-corrected chi connectivity index (χ0v) is 21.0. The second-order valence-corrected chi connectivity index (χ2v) is 9.83. The molecule has 0 saturated carbocycles. The molecule has 0 unspecified atom stereocenters. The van der Waals surface area contributed by atoms with Crippen molar-refractivity contribution in [1.82, 2.24) is 15.3 Å². The van der Waals surface area contributed by atoms with Gasteiger partial charge in [-0.15, -0.1) is 0 Å². The van der Waals surface area contributed by atoms with Crippen molar-refractivity contribution >= 4 is 29.2 Å². The third kappa shape index (κ3) is 5.11. The van der Waals surface area contributed by atoms with Crippen molar-refractivity contribution in [3.05, 3.63) is 65.7 Å². The highest BCUT2D eigenvalue weighted by molar-refractivity contribution is 6.03. The molecule has 2 fully saturated rings. The molecule has 0 spiro atoms. The van der Waals surface area contributed by atoms with Crippen LogP contribution in [0.15, 0.2) is 54.6 Å². The van der Waals surface area contributed by atoms with Gasteiger partial charge in [-0.1, -0.05) is 32.0 Å². The number of carbonyl (C=O) groups excluding carboxylic acids is 4. The molecule has 1 N–H and O–H groups in total. The summed E-state index contributed by atoms with van der Waals surface area (Å²) in [6.07, 6.45) is 0.373. The Balaban J connectivity index is 1.50. The van der Waals surface area contributed by atoms with Crippen molar-refractivity contribution < 1.29 is 24.0 Å². The summed E-state index contributed by atoms with van der Waals surface area (Å²) in [4.78, 5) is 61.5. The van der Waals surface area contributed by atoms with Gasteiger partial charge in [0.25, 0.3) is 17.7 Å². The van der Waals surface area contributed by atoms with Gasteiger partial charge >= 0.3 is 0 Å². The Hall–Kier alpha value is -3.72. The Labute approximate surface area is 210 Å². The largest absolute Gasteiger partial charge is 0.378 e. The normalized spacial score (nSPS) is 19.9. The summed E-state index contributed by atoms with van der Waals surface area (Å²) in [5.74, 6) is -1.30. The summed E-state index contributed by atoms with van der Waals surface area (Å²) in [7, 11) is 3.82. The number of fused-ring (bicyclic) bond motifs is 1. The van der Waals surface area contributed by atoms with Crippen LogP contribution in [0, 0.1) is 5.92 Å². The van der Waals surface area contributed by atoms with Crippen molar-refractivity contribution in [3.8, 4) is 0 Å². The van der Waals surface area contributed by atoms with Crippen LogP contribution in [0.1, 0.15) is 41.0 Å². The standard InChI is InChI=1S/C27H32N4O5/c1-17(2)14-21(28-25(33)18-10-12-20(13-11-18)29(3)4)27(35)31-24-22(16-36-31)30(15-23(24)32)26(34)19-8-6-5-7-9-19/h5-13,17,21-22,24H,14-16H2,1-4H3,(H,28,33)/t21-,22+,24-/m0/s1. The van der Waals surface area contributed by atoms with Gasteiger partial charge < -0.3 is 15.1 Å². The summed E-state index contributed by atoms with van der Waals surface area (Å²) in [6, 6.07) is 13.5. The van der Waals surface area contributed by atoms with Crippen molar-refractivity contribution in [1.29, 1.82) is 0 Å².